The second-order valence-electron chi connectivity index (χ2n) is 3.52. The second-order valence-corrected chi connectivity index (χ2v) is 3.52. The summed E-state index contributed by atoms with van der Waals surface area (Å²) >= 11 is 0. The summed E-state index contributed by atoms with van der Waals surface area (Å²) in [7, 11) is 0. The Labute approximate surface area is 103 Å². The molecule has 0 bridgehead atoms. The Morgan fingerprint density at radius 2 is 2.22 bits per heavy atom. The summed E-state index contributed by atoms with van der Waals surface area (Å²) < 4.78 is 11.4. The van der Waals surface area contributed by atoms with Gasteiger partial charge < -0.3 is 9.47 Å². The first-order valence-corrected chi connectivity index (χ1v) is 5.45. The third kappa shape index (κ3) is 2.17. The Morgan fingerprint density at radius 1 is 1.44 bits per heavy atom. The largest absolute Gasteiger partial charge is 0.461 e. The average Bonchev–Trinajstić information content (AvgIpc) is 2.73. The number of imidazole rings is 1. The van der Waals surface area contributed by atoms with E-state index in [1.54, 1.807) is 25.3 Å². The zero-order chi connectivity index (χ0) is 13.1. The number of esters is 2. The number of nitrogens with zero attached hydrogens (tertiary/aromatic N) is 2. The molecule has 0 aliphatic rings. The van der Waals surface area contributed by atoms with E-state index in [-0.39, 0.29) is 6.61 Å². The number of rotatable bonds is 3. The van der Waals surface area contributed by atoms with Crippen molar-refractivity contribution in [2.75, 3.05) is 6.61 Å². The third-order valence-electron chi connectivity index (χ3n) is 2.24. The standard InChI is InChI=1S/C12H12N2O4/c1-3-17-12(16)9-7-13-11-10(18-8(2)15)5-4-6-14(9)11/h4-7H,3H2,1-2H3. The van der Waals surface area contributed by atoms with Gasteiger partial charge in [0.1, 0.15) is 0 Å². The van der Waals surface area contributed by atoms with Gasteiger partial charge in [-0.05, 0) is 19.1 Å². The minimum atomic E-state index is -0.468. The van der Waals surface area contributed by atoms with E-state index in [0.29, 0.717) is 17.1 Å². The lowest BCUT2D eigenvalue weighted by atomic mass is 10.4. The van der Waals surface area contributed by atoms with Crippen molar-refractivity contribution in [3.05, 3.63) is 30.2 Å². The van der Waals surface area contributed by atoms with Crippen molar-refractivity contribution in [2.45, 2.75) is 13.8 Å². The summed E-state index contributed by atoms with van der Waals surface area (Å²) in [5.74, 6) is -0.602. The first kappa shape index (κ1) is 12.1. The van der Waals surface area contributed by atoms with Crippen molar-refractivity contribution in [3.8, 4) is 5.75 Å². The minimum absolute atomic E-state index is 0.287. The quantitative estimate of drug-likeness (QED) is 0.768. The Hall–Kier alpha value is -2.37. The van der Waals surface area contributed by atoms with Gasteiger partial charge in [0.2, 0.25) is 0 Å². The van der Waals surface area contributed by atoms with E-state index in [1.807, 2.05) is 0 Å². The van der Waals surface area contributed by atoms with E-state index in [1.165, 1.54) is 17.5 Å². The van der Waals surface area contributed by atoms with E-state index in [9.17, 15) is 9.59 Å². The zero-order valence-electron chi connectivity index (χ0n) is 10.0. The number of ether oxygens (including phenoxy) is 2. The van der Waals surface area contributed by atoms with Gasteiger partial charge >= 0.3 is 11.9 Å². The molecular formula is C12H12N2O4. The Kier molecular flexibility index (Phi) is 3.27. The van der Waals surface area contributed by atoms with Gasteiger partial charge in [-0.15, -0.1) is 0 Å². The van der Waals surface area contributed by atoms with E-state index in [4.69, 9.17) is 9.47 Å². The summed E-state index contributed by atoms with van der Waals surface area (Å²) in [5, 5.41) is 0. The number of carbonyl (C=O) groups excluding carboxylic acids is 2. The average molecular weight is 248 g/mol. The highest BCUT2D eigenvalue weighted by molar-refractivity contribution is 5.89. The molecule has 0 unspecified atom stereocenters. The van der Waals surface area contributed by atoms with Crippen LogP contribution in [-0.4, -0.2) is 27.9 Å². The van der Waals surface area contributed by atoms with E-state index >= 15 is 0 Å². The minimum Gasteiger partial charge on any atom is -0.461 e. The maximum absolute atomic E-state index is 11.7. The van der Waals surface area contributed by atoms with Crippen molar-refractivity contribution < 1.29 is 19.1 Å². The maximum atomic E-state index is 11.7. The lowest BCUT2D eigenvalue weighted by molar-refractivity contribution is -0.131. The lowest BCUT2D eigenvalue weighted by Gasteiger charge is -2.04. The fraction of sp³-hybridized carbons (Fsp3) is 0.250. The summed E-state index contributed by atoms with van der Waals surface area (Å²) in [6, 6.07) is 3.27. The van der Waals surface area contributed by atoms with E-state index < -0.39 is 11.9 Å². The highest BCUT2D eigenvalue weighted by Crippen LogP contribution is 2.20. The van der Waals surface area contributed by atoms with Crippen molar-refractivity contribution in [1.29, 1.82) is 0 Å². The molecule has 6 heteroatoms. The molecule has 2 rings (SSSR count). The smallest absolute Gasteiger partial charge is 0.356 e. The van der Waals surface area contributed by atoms with Crippen LogP contribution in [0.25, 0.3) is 5.65 Å². The number of aromatic nitrogens is 2. The molecule has 2 aromatic rings. The zero-order valence-corrected chi connectivity index (χ0v) is 10.0. The molecule has 0 atom stereocenters. The van der Waals surface area contributed by atoms with Crippen LogP contribution in [0.2, 0.25) is 0 Å². The van der Waals surface area contributed by atoms with Gasteiger partial charge in [0.25, 0.3) is 0 Å². The molecule has 0 spiro atoms. The number of hydrogen-bond donors (Lipinski definition) is 0. The monoisotopic (exact) mass is 248 g/mol. The summed E-state index contributed by atoms with van der Waals surface area (Å²) in [6.07, 6.45) is 3.04. The summed E-state index contributed by atoms with van der Waals surface area (Å²) in [5.41, 5.74) is 0.691. The van der Waals surface area contributed by atoms with Crippen LogP contribution >= 0.6 is 0 Å². The molecule has 0 amide bonds. The molecular weight excluding hydrogens is 236 g/mol. The van der Waals surface area contributed by atoms with Crippen molar-refractivity contribution in [1.82, 2.24) is 9.38 Å². The number of carbonyl (C=O) groups is 2. The van der Waals surface area contributed by atoms with Crippen molar-refractivity contribution in [3.63, 3.8) is 0 Å². The van der Waals surface area contributed by atoms with E-state index in [2.05, 4.69) is 4.98 Å². The molecule has 0 N–H and O–H groups in total. The molecule has 94 valence electrons. The topological polar surface area (TPSA) is 69.9 Å². The molecule has 0 fully saturated rings. The van der Waals surface area contributed by atoms with Crippen molar-refractivity contribution in [2.24, 2.45) is 0 Å². The normalized spacial score (nSPS) is 10.3. The Morgan fingerprint density at radius 3 is 2.89 bits per heavy atom. The molecule has 0 aliphatic carbocycles. The molecule has 0 radical (unpaired) electrons. The SMILES string of the molecule is CCOC(=O)c1cnc2c(OC(C)=O)cccn12. The van der Waals surface area contributed by atoms with Crippen LogP contribution in [0.15, 0.2) is 24.5 Å². The number of pyridine rings is 1. The summed E-state index contributed by atoms with van der Waals surface area (Å²) in [4.78, 5) is 26.7. The van der Waals surface area contributed by atoms with Gasteiger partial charge in [-0.2, -0.15) is 0 Å². The predicted molar refractivity (Wildman–Crippen MR) is 62.5 cm³/mol. The molecule has 2 heterocycles. The molecule has 18 heavy (non-hydrogen) atoms. The predicted octanol–water partition coefficient (Wildman–Crippen LogP) is 1.44. The van der Waals surface area contributed by atoms with Gasteiger partial charge in [-0.1, -0.05) is 0 Å². The molecule has 2 aromatic heterocycles. The van der Waals surface area contributed by atoms with Gasteiger partial charge in [0.05, 0.1) is 12.8 Å². The molecule has 0 saturated carbocycles. The maximum Gasteiger partial charge on any atom is 0.356 e. The lowest BCUT2D eigenvalue weighted by Crippen LogP contribution is -2.08. The van der Waals surface area contributed by atoms with Gasteiger partial charge in [-0.25, -0.2) is 9.78 Å². The fourth-order valence-corrected chi connectivity index (χ4v) is 1.58. The van der Waals surface area contributed by atoms with Crippen molar-refractivity contribution >= 4 is 17.6 Å². The third-order valence-corrected chi connectivity index (χ3v) is 2.24. The fourth-order valence-electron chi connectivity index (χ4n) is 1.58. The van der Waals surface area contributed by atoms with Crippen LogP contribution in [0.1, 0.15) is 24.3 Å². The Bertz CT molecular complexity index is 603. The Balaban J connectivity index is 2.48. The van der Waals surface area contributed by atoms with Gasteiger partial charge in [0.15, 0.2) is 17.1 Å². The molecule has 0 aliphatic heterocycles. The summed E-state index contributed by atoms with van der Waals surface area (Å²) in [6.45, 7) is 3.32. The number of fused-ring (bicyclic) bond motifs is 1. The first-order chi connectivity index (χ1) is 8.63. The first-order valence-electron chi connectivity index (χ1n) is 5.45. The van der Waals surface area contributed by atoms with Crippen LogP contribution in [0.4, 0.5) is 0 Å². The second kappa shape index (κ2) is 4.87. The van der Waals surface area contributed by atoms with Crippen LogP contribution in [0.3, 0.4) is 0 Å². The number of hydrogen-bond acceptors (Lipinski definition) is 5. The van der Waals surface area contributed by atoms with Crippen LogP contribution in [0.5, 0.6) is 5.75 Å². The van der Waals surface area contributed by atoms with Crippen LogP contribution in [0, 0.1) is 0 Å². The van der Waals surface area contributed by atoms with E-state index in [0.717, 1.165) is 0 Å². The van der Waals surface area contributed by atoms with Gasteiger partial charge in [0, 0.05) is 13.1 Å². The highest BCUT2D eigenvalue weighted by Gasteiger charge is 2.15. The molecule has 0 saturated heterocycles. The van der Waals surface area contributed by atoms with Gasteiger partial charge in [-0.3, -0.25) is 9.20 Å². The van der Waals surface area contributed by atoms with Crippen LogP contribution < -0.4 is 4.74 Å². The molecule has 0 aromatic carbocycles. The van der Waals surface area contributed by atoms with Crippen LogP contribution in [-0.2, 0) is 9.53 Å². The highest BCUT2D eigenvalue weighted by atomic mass is 16.5. The molecule has 6 nitrogen and oxygen atoms in total.